The Kier molecular flexibility index (Phi) is 4.66. The number of hydrogen-bond acceptors (Lipinski definition) is 5. The van der Waals surface area contributed by atoms with Gasteiger partial charge in [0.25, 0.3) is 5.91 Å². The number of likely N-dealkylation sites (tertiary alicyclic amines) is 1. The van der Waals surface area contributed by atoms with Gasteiger partial charge in [0.2, 0.25) is 0 Å². The van der Waals surface area contributed by atoms with Crippen molar-refractivity contribution in [2.45, 2.75) is 23.9 Å². The van der Waals surface area contributed by atoms with Crippen molar-refractivity contribution in [3.8, 4) is 6.07 Å². The molecular weight excluding hydrogens is 346 g/mol. The molecule has 132 valence electrons. The van der Waals surface area contributed by atoms with E-state index >= 15 is 0 Å². The number of carbonyl (C=O) groups excluding carboxylic acids is 1. The Bertz CT molecular complexity index is 844. The van der Waals surface area contributed by atoms with Crippen molar-refractivity contribution >= 4 is 17.7 Å². The lowest BCUT2D eigenvalue weighted by Crippen LogP contribution is -2.60. The molecule has 3 heterocycles. The minimum absolute atomic E-state index is 0.00878. The van der Waals surface area contributed by atoms with Crippen molar-refractivity contribution in [1.82, 2.24) is 9.88 Å². The predicted octanol–water partition coefficient (Wildman–Crippen LogP) is 2.87. The summed E-state index contributed by atoms with van der Waals surface area (Å²) < 4.78 is 6.17. The van der Waals surface area contributed by atoms with Gasteiger partial charge < -0.3 is 9.64 Å². The van der Waals surface area contributed by atoms with Gasteiger partial charge in [-0.15, -0.1) is 11.8 Å². The molecule has 4 rings (SSSR count). The van der Waals surface area contributed by atoms with Gasteiger partial charge in [-0.3, -0.25) is 9.78 Å². The van der Waals surface area contributed by atoms with Gasteiger partial charge in [-0.05, 0) is 42.3 Å². The van der Waals surface area contributed by atoms with Crippen LogP contribution in [0.15, 0.2) is 48.8 Å². The largest absolute Gasteiger partial charge is 0.373 e. The second-order valence-electron chi connectivity index (χ2n) is 6.84. The zero-order chi connectivity index (χ0) is 18.0. The van der Waals surface area contributed by atoms with E-state index in [1.54, 1.807) is 36.7 Å². The van der Waals surface area contributed by atoms with Crippen molar-refractivity contribution in [3.05, 3.63) is 65.5 Å². The maximum atomic E-state index is 12.6. The van der Waals surface area contributed by atoms with E-state index in [0.29, 0.717) is 17.7 Å². The summed E-state index contributed by atoms with van der Waals surface area (Å²) in [5, 5.41) is 8.99. The second kappa shape index (κ2) is 7.10. The van der Waals surface area contributed by atoms with Gasteiger partial charge in [0.05, 0.1) is 29.1 Å². The molecule has 2 aliphatic rings. The summed E-state index contributed by atoms with van der Waals surface area (Å²) in [6.07, 6.45) is 4.76. The summed E-state index contributed by atoms with van der Waals surface area (Å²) >= 11 is 1.92. The van der Waals surface area contributed by atoms with Crippen LogP contribution in [0.25, 0.3) is 0 Å². The highest BCUT2D eigenvalue weighted by Crippen LogP contribution is 2.46. The number of hydrogen-bond donors (Lipinski definition) is 0. The molecule has 1 spiro atoms. The summed E-state index contributed by atoms with van der Waals surface area (Å²) in [7, 11) is 0. The van der Waals surface area contributed by atoms with Crippen molar-refractivity contribution in [2.75, 3.05) is 18.8 Å². The van der Waals surface area contributed by atoms with Crippen LogP contribution in [0.2, 0.25) is 0 Å². The smallest absolute Gasteiger partial charge is 0.253 e. The van der Waals surface area contributed by atoms with Crippen LogP contribution in [0.5, 0.6) is 0 Å². The topological polar surface area (TPSA) is 66.2 Å². The zero-order valence-electron chi connectivity index (χ0n) is 14.3. The van der Waals surface area contributed by atoms with Gasteiger partial charge in [-0.1, -0.05) is 6.07 Å². The molecule has 1 aromatic heterocycles. The first-order chi connectivity index (χ1) is 12.7. The molecule has 1 atom stereocenters. The van der Waals surface area contributed by atoms with E-state index in [4.69, 9.17) is 10.00 Å². The number of nitrogens with zero attached hydrogens (tertiary/aromatic N) is 3. The molecule has 1 aromatic carbocycles. The zero-order valence-corrected chi connectivity index (χ0v) is 15.1. The highest BCUT2D eigenvalue weighted by Gasteiger charge is 2.51. The van der Waals surface area contributed by atoms with Crippen molar-refractivity contribution in [2.24, 2.45) is 0 Å². The highest BCUT2D eigenvalue weighted by atomic mass is 32.2. The van der Waals surface area contributed by atoms with Crippen LogP contribution in [0.1, 0.15) is 27.9 Å². The van der Waals surface area contributed by atoms with Crippen LogP contribution < -0.4 is 0 Å². The number of ether oxygens (including phenoxy) is 1. The molecule has 0 bridgehead atoms. The summed E-state index contributed by atoms with van der Waals surface area (Å²) in [5.41, 5.74) is 2.24. The number of rotatable bonds is 4. The fourth-order valence-electron chi connectivity index (χ4n) is 3.52. The number of thioether (sulfide) groups is 1. The fraction of sp³-hybridized carbons (Fsp3) is 0.350. The van der Waals surface area contributed by atoms with Gasteiger partial charge in [0.1, 0.15) is 0 Å². The van der Waals surface area contributed by atoms with Gasteiger partial charge >= 0.3 is 0 Å². The first kappa shape index (κ1) is 17.1. The molecule has 2 aromatic rings. The van der Waals surface area contributed by atoms with Gasteiger partial charge in [0.15, 0.2) is 0 Å². The molecule has 5 nitrogen and oxygen atoms in total. The number of aromatic nitrogens is 1. The van der Waals surface area contributed by atoms with E-state index in [-0.39, 0.29) is 16.8 Å². The van der Waals surface area contributed by atoms with E-state index in [9.17, 15) is 4.79 Å². The Morgan fingerprint density at radius 1 is 1.35 bits per heavy atom. The predicted molar refractivity (Wildman–Crippen MR) is 99.7 cm³/mol. The Morgan fingerprint density at radius 3 is 2.92 bits per heavy atom. The first-order valence-electron chi connectivity index (χ1n) is 8.61. The molecule has 0 saturated carbocycles. The minimum atomic E-state index is 0.00878. The van der Waals surface area contributed by atoms with Crippen LogP contribution in [0.4, 0.5) is 0 Å². The average Bonchev–Trinajstić information content (AvgIpc) is 3.10. The Morgan fingerprint density at radius 2 is 2.15 bits per heavy atom. The van der Waals surface area contributed by atoms with Crippen LogP contribution in [0, 0.1) is 11.3 Å². The molecular formula is C20H19N3O2S. The molecule has 2 aliphatic heterocycles. The summed E-state index contributed by atoms with van der Waals surface area (Å²) in [6.45, 7) is 2.11. The third kappa shape index (κ3) is 3.46. The fourth-order valence-corrected chi connectivity index (χ4v) is 5.07. The van der Waals surface area contributed by atoms with E-state index in [1.807, 2.05) is 28.8 Å². The first-order valence-corrected chi connectivity index (χ1v) is 9.60. The van der Waals surface area contributed by atoms with Crippen LogP contribution in [0.3, 0.4) is 0 Å². The van der Waals surface area contributed by atoms with Crippen molar-refractivity contribution in [1.29, 1.82) is 5.26 Å². The monoisotopic (exact) mass is 365 g/mol. The van der Waals surface area contributed by atoms with Crippen LogP contribution in [-0.2, 0) is 11.3 Å². The summed E-state index contributed by atoms with van der Waals surface area (Å²) in [5.74, 6) is 0.978. The Hall–Kier alpha value is -2.36. The average molecular weight is 365 g/mol. The summed E-state index contributed by atoms with van der Waals surface area (Å²) in [4.78, 5) is 18.5. The molecule has 6 heteroatoms. The number of nitriles is 1. The van der Waals surface area contributed by atoms with Crippen LogP contribution >= 0.6 is 11.8 Å². The molecule has 0 N–H and O–H groups in total. The SMILES string of the molecule is N#Cc1cccc(C(=O)N2CC3(C[C@H](OCc4ccncc4)CS3)C2)c1. The standard InChI is InChI=1S/C20H19N3O2S/c21-10-16-2-1-3-17(8-16)19(24)23-13-20(14-23)9-18(12-26-20)25-11-15-4-6-22-7-5-15/h1-8,18H,9,11-14H2/t18-/m0/s1. The van der Waals surface area contributed by atoms with E-state index in [0.717, 1.165) is 30.8 Å². The third-order valence-electron chi connectivity index (χ3n) is 4.89. The number of amides is 1. The minimum Gasteiger partial charge on any atom is -0.373 e. The highest BCUT2D eigenvalue weighted by molar-refractivity contribution is 8.01. The lowest BCUT2D eigenvalue weighted by Gasteiger charge is -2.47. The lowest BCUT2D eigenvalue weighted by atomic mass is 9.92. The number of carbonyl (C=O) groups is 1. The lowest BCUT2D eigenvalue weighted by molar-refractivity contribution is 0.0255. The molecule has 0 radical (unpaired) electrons. The van der Waals surface area contributed by atoms with E-state index in [2.05, 4.69) is 11.1 Å². The van der Waals surface area contributed by atoms with Crippen molar-refractivity contribution in [3.63, 3.8) is 0 Å². The Labute approximate surface area is 157 Å². The molecule has 0 unspecified atom stereocenters. The number of pyridine rings is 1. The van der Waals surface area contributed by atoms with E-state index in [1.165, 1.54) is 0 Å². The van der Waals surface area contributed by atoms with Crippen molar-refractivity contribution < 1.29 is 9.53 Å². The van der Waals surface area contributed by atoms with E-state index < -0.39 is 0 Å². The molecule has 0 aliphatic carbocycles. The third-order valence-corrected chi connectivity index (χ3v) is 6.47. The Balaban J connectivity index is 1.30. The normalized spacial score (nSPS) is 20.6. The maximum Gasteiger partial charge on any atom is 0.253 e. The van der Waals surface area contributed by atoms with Crippen LogP contribution in [-0.4, -0.2) is 45.5 Å². The second-order valence-corrected chi connectivity index (χ2v) is 8.33. The van der Waals surface area contributed by atoms with Gasteiger partial charge in [-0.25, -0.2) is 0 Å². The maximum absolute atomic E-state index is 12.6. The molecule has 2 fully saturated rings. The van der Waals surface area contributed by atoms with Gasteiger partial charge in [0, 0.05) is 36.8 Å². The summed E-state index contributed by atoms with van der Waals surface area (Å²) in [6, 6.07) is 12.9. The van der Waals surface area contributed by atoms with Gasteiger partial charge in [-0.2, -0.15) is 5.26 Å². The number of benzene rings is 1. The molecule has 26 heavy (non-hydrogen) atoms. The molecule has 1 amide bonds. The quantitative estimate of drug-likeness (QED) is 0.833. The molecule has 2 saturated heterocycles.